The summed E-state index contributed by atoms with van der Waals surface area (Å²) in [6.45, 7) is -0.675. The van der Waals surface area contributed by atoms with Crippen molar-refractivity contribution in [2.45, 2.75) is 13.8 Å². The fraction of sp³-hybridized carbons (Fsp3) is 0.143. The van der Waals surface area contributed by atoms with Gasteiger partial charge in [-0.25, -0.2) is 4.39 Å². The van der Waals surface area contributed by atoms with Crippen LogP contribution in [0.1, 0.15) is 20.8 Å². The van der Waals surface area contributed by atoms with E-state index in [0.717, 1.165) is 16.3 Å². The lowest BCUT2D eigenvalue weighted by Gasteiger charge is -2.06. The Morgan fingerprint density at radius 3 is 2.72 bits per heavy atom. The molecule has 0 fully saturated rings. The van der Waals surface area contributed by atoms with Crippen LogP contribution in [0.3, 0.4) is 0 Å². The molecule has 0 atom stereocenters. The molecule has 0 aliphatic rings. The van der Waals surface area contributed by atoms with Gasteiger partial charge in [-0.15, -0.1) is 0 Å². The number of rotatable bonds is 1. The van der Waals surface area contributed by atoms with E-state index in [0.29, 0.717) is 28.0 Å². The number of aryl methyl sites for hydroxylation is 3. The summed E-state index contributed by atoms with van der Waals surface area (Å²) in [5.74, 6) is -0.778. The number of hydrogen-bond donors (Lipinski definition) is 0. The van der Waals surface area contributed by atoms with Gasteiger partial charge < -0.3 is 4.42 Å². The molecule has 0 bridgehead atoms. The molecule has 4 heteroatoms. The average molecular weight is 334 g/mol. The van der Waals surface area contributed by atoms with Crippen LogP contribution >= 0.6 is 0 Å². The van der Waals surface area contributed by atoms with E-state index in [2.05, 4.69) is 6.07 Å². The standard InChI is InChI=1S/C21H16FN2O/c1-12-4-6-16-15-7-5-14(10-23)9-19(15)25-21(16)20(12)18-8-13(2)17(22)11-24(18)3/h4-9,11H,1-3H3/q+1/i2D3. The van der Waals surface area contributed by atoms with Gasteiger partial charge in [0.15, 0.2) is 5.82 Å². The molecular weight excluding hydrogens is 315 g/mol. The van der Waals surface area contributed by atoms with E-state index in [4.69, 9.17) is 13.8 Å². The third kappa shape index (κ3) is 2.28. The van der Waals surface area contributed by atoms with E-state index in [1.807, 2.05) is 25.1 Å². The molecule has 4 aromatic rings. The van der Waals surface area contributed by atoms with Crippen LogP contribution in [0.25, 0.3) is 33.2 Å². The van der Waals surface area contributed by atoms with Crippen molar-refractivity contribution in [3.05, 3.63) is 65.1 Å². The van der Waals surface area contributed by atoms with Crippen molar-refractivity contribution < 1.29 is 17.5 Å². The molecule has 0 spiro atoms. The lowest BCUT2D eigenvalue weighted by Crippen LogP contribution is -2.31. The molecular formula is C21H16FN2O+. The SMILES string of the molecule is [2H]C([2H])([2H])c1cc(-c2c(C)ccc3c2oc2cc(C#N)ccc23)[n+](C)cc1F. The zero-order valence-electron chi connectivity index (χ0n) is 16.7. The first kappa shape index (κ1) is 12.2. The van der Waals surface area contributed by atoms with Crippen LogP contribution in [-0.4, -0.2) is 0 Å². The molecule has 3 nitrogen and oxygen atoms in total. The quantitative estimate of drug-likeness (QED) is 0.473. The third-order valence-electron chi connectivity index (χ3n) is 4.46. The maximum absolute atomic E-state index is 14.3. The van der Waals surface area contributed by atoms with Crippen LogP contribution in [0.15, 0.2) is 47.0 Å². The van der Waals surface area contributed by atoms with E-state index < -0.39 is 12.7 Å². The summed E-state index contributed by atoms with van der Waals surface area (Å²) in [6.07, 6.45) is 1.17. The van der Waals surface area contributed by atoms with Gasteiger partial charge in [-0.2, -0.15) is 9.83 Å². The number of hydrogen-bond acceptors (Lipinski definition) is 2. The first-order chi connectivity index (χ1) is 13.2. The van der Waals surface area contributed by atoms with Gasteiger partial charge in [0.05, 0.1) is 17.2 Å². The van der Waals surface area contributed by atoms with Crippen LogP contribution in [0.5, 0.6) is 0 Å². The van der Waals surface area contributed by atoms with Crippen molar-refractivity contribution >= 4 is 21.9 Å². The molecule has 2 heterocycles. The van der Waals surface area contributed by atoms with E-state index in [9.17, 15) is 4.39 Å². The predicted molar refractivity (Wildman–Crippen MR) is 94.5 cm³/mol. The van der Waals surface area contributed by atoms with E-state index >= 15 is 0 Å². The Morgan fingerprint density at radius 1 is 1.16 bits per heavy atom. The Labute approximate surface area is 148 Å². The number of furan rings is 1. The molecule has 4 rings (SSSR count). The monoisotopic (exact) mass is 334 g/mol. The summed E-state index contributed by atoms with van der Waals surface area (Å²) in [5.41, 5.74) is 3.40. The Balaban J connectivity index is 2.09. The Morgan fingerprint density at radius 2 is 1.96 bits per heavy atom. The molecule has 25 heavy (non-hydrogen) atoms. The topological polar surface area (TPSA) is 40.8 Å². The zero-order chi connectivity index (χ0) is 20.2. The molecule has 0 aliphatic heterocycles. The number of nitrogens with zero attached hydrogens (tertiary/aromatic N) is 2. The van der Waals surface area contributed by atoms with Gasteiger partial charge in [0.2, 0.25) is 11.9 Å². The van der Waals surface area contributed by atoms with Crippen LogP contribution in [0.4, 0.5) is 4.39 Å². The minimum atomic E-state index is -2.57. The molecule has 122 valence electrons. The Bertz CT molecular complexity index is 1300. The highest BCUT2D eigenvalue weighted by Gasteiger charge is 2.22. The first-order valence-electron chi connectivity index (χ1n) is 9.26. The highest BCUT2D eigenvalue weighted by molar-refractivity contribution is 6.09. The molecule has 0 N–H and O–H groups in total. The fourth-order valence-corrected chi connectivity index (χ4v) is 3.19. The van der Waals surface area contributed by atoms with Crippen LogP contribution in [0, 0.1) is 30.9 Å². The Kier molecular flexibility index (Phi) is 2.65. The van der Waals surface area contributed by atoms with E-state index in [-0.39, 0.29) is 5.56 Å². The number of benzene rings is 2. The van der Waals surface area contributed by atoms with Crippen molar-refractivity contribution in [1.82, 2.24) is 0 Å². The molecule has 2 aromatic carbocycles. The van der Waals surface area contributed by atoms with Gasteiger partial charge in [-0.3, -0.25) is 0 Å². The minimum Gasteiger partial charge on any atom is -0.455 e. The lowest BCUT2D eigenvalue weighted by atomic mass is 9.99. The third-order valence-corrected chi connectivity index (χ3v) is 4.46. The van der Waals surface area contributed by atoms with Gasteiger partial charge >= 0.3 is 0 Å². The minimum absolute atomic E-state index is 0.333. The van der Waals surface area contributed by atoms with Crippen molar-refractivity contribution in [3.63, 3.8) is 0 Å². The average Bonchev–Trinajstić information content (AvgIpc) is 2.99. The lowest BCUT2D eigenvalue weighted by molar-refractivity contribution is -0.662. The molecule has 2 aromatic heterocycles. The van der Waals surface area contributed by atoms with Crippen molar-refractivity contribution in [2.75, 3.05) is 0 Å². The number of nitriles is 1. The first-order valence-corrected chi connectivity index (χ1v) is 7.76. The summed E-state index contributed by atoms with van der Waals surface area (Å²) in [4.78, 5) is 0. The second-order valence-electron chi connectivity index (χ2n) is 6.09. The summed E-state index contributed by atoms with van der Waals surface area (Å²) >= 11 is 0. The summed E-state index contributed by atoms with van der Waals surface area (Å²) in [5, 5.41) is 10.8. The van der Waals surface area contributed by atoms with Crippen LogP contribution in [0.2, 0.25) is 0 Å². The maximum Gasteiger partial charge on any atom is 0.216 e. The van der Waals surface area contributed by atoms with Crippen LogP contribution in [-0.2, 0) is 7.05 Å². The largest absolute Gasteiger partial charge is 0.455 e. The zero-order valence-corrected chi connectivity index (χ0v) is 13.7. The predicted octanol–water partition coefficient (Wildman–Crippen LogP) is 4.71. The summed E-state index contributed by atoms with van der Waals surface area (Å²) < 4.78 is 44.8. The molecule has 0 amide bonds. The molecule has 0 aliphatic carbocycles. The number of aromatic nitrogens is 1. The number of pyridine rings is 1. The molecule has 0 radical (unpaired) electrons. The normalized spacial score (nSPS) is 13.4. The van der Waals surface area contributed by atoms with Gasteiger partial charge in [-0.1, -0.05) is 12.1 Å². The second-order valence-corrected chi connectivity index (χ2v) is 6.09. The molecule has 0 saturated carbocycles. The molecule has 0 saturated heterocycles. The second kappa shape index (κ2) is 5.42. The van der Waals surface area contributed by atoms with Gasteiger partial charge in [0, 0.05) is 21.0 Å². The fourth-order valence-electron chi connectivity index (χ4n) is 3.19. The van der Waals surface area contributed by atoms with Gasteiger partial charge in [0.1, 0.15) is 18.2 Å². The van der Waals surface area contributed by atoms with Crippen molar-refractivity contribution in [1.29, 1.82) is 5.26 Å². The van der Waals surface area contributed by atoms with Gasteiger partial charge in [-0.05, 0) is 43.1 Å². The molecule has 0 unspecified atom stereocenters. The summed E-state index contributed by atoms with van der Waals surface area (Å²) in [6, 6.07) is 12.5. The Hall–Kier alpha value is -3.19. The highest BCUT2D eigenvalue weighted by atomic mass is 19.1. The summed E-state index contributed by atoms with van der Waals surface area (Å²) in [7, 11) is 1.66. The van der Waals surface area contributed by atoms with E-state index in [1.165, 1.54) is 12.3 Å². The van der Waals surface area contributed by atoms with Crippen molar-refractivity contribution in [3.8, 4) is 17.3 Å². The van der Waals surface area contributed by atoms with E-state index in [1.54, 1.807) is 23.7 Å². The van der Waals surface area contributed by atoms with Crippen molar-refractivity contribution in [2.24, 2.45) is 7.05 Å². The maximum atomic E-state index is 14.3. The number of fused-ring (bicyclic) bond motifs is 3. The number of halogens is 1. The van der Waals surface area contributed by atoms with Crippen LogP contribution < -0.4 is 4.57 Å². The highest BCUT2D eigenvalue weighted by Crippen LogP contribution is 2.37. The smallest absolute Gasteiger partial charge is 0.216 e. The van der Waals surface area contributed by atoms with Gasteiger partial charge in [0.25, 0.3) is 0 Å².